The molecule has 6 heteroatoms. The highest BCUT2D eigenvalue weighted by molar-refractivity contribution is 5.82. The van der Waals surface area contributed by atoms with E-state index in [1.165, 1.54) is 4.80 Å². The lowest BCUT2D eigenvalue weighted by atomic mass is 10.2. The Labute approximate surface area is 126 Å². The van der Waals surface area contributed by atoms with Crippen LogP contribution in [0.2, 0.25) is 0 Å². The zero-order valence-corrected chi connectivity index (χ0v) is 11.6. The second kappa shape index (κ2) is 4.92. The molecule has 0 atom stereocenters. The van der Waals surface area contributed by atoms with Gasteiger partial charge in [0.05, 0.1) is 5.69 Å². The summed E-state index contributed by atoms with van der Waals surface area (Å²) in [4.78, 5) is 10.3. The number of nitrogen functional groups attached to an aromatic ring is 1. The van der Waals surface area contributed by atoms with Crippen molar-refractivity contribution in [2.24, 2.45) is 0 Å². The number of nitrogens with two attached hydrogens (primary N) is 1. The van der Waals surface area contributed by atoms with Crippen LogP contribution in [0.1, 0.15) is 0 Å². The molecule has 0 saturated heterocycles. The number of fused-ring (bicyclic) bond motifs is 1. The summed E-state index contributed by atoms with van der Waals surface area (Å²) in [5.41, 5.74) is 8.75. The average Bonchev–Trinajstić information content (AvgIpc) is 3.01. The molecule has 0 fully saturated rings. The quantitative estimate of drug-likeness (QED) is 0.612. The molecule has 6 nitrogen and oxygen atoms in total. The van der Waals surface area contributed by atoms with Crippen LogP contribution < -0.4 is 5.73 Å². The molecule has 2 aromatic heterocycles. The van der Waals surface area contributed by atoms with Gasteiger partial charge in [0.25, 0.3) is 0 Å². The first kappa shape index (κ1) is 12.5. The number of hydrogen-bond acceptors (Lipinski definition) is 5. The van der Waals surface area contributed by atoms with Gasteiger partial charge in [-0.25, -0.2) is 9.97 Å². The van der Waals surface area contributed by atoms with Gasteiger partial charge in [0.1, 0.15) is 0 Å². The fourth-order valence-electron chi connectivity index (χ4n) is 2.23. The topological polar surface area (TPSA) is 82.5 Å². The summed E-state index contributed by atoms with van der Waals surface area (Å²) < 4.78 is 0. The fraction of sp³-hybridized carbons (Fsp3) is 0. The summed E-state index contributed by atoms with van der Waals surface area (Å²) in [7, 11) is 0. The normalized spacial score (nSPS) is 10.9. The Morgan fingerprint density at radius 2 is 1.45 bits per heavy atom. The van der Waals surface area contributed by atoms with Gasteiger partial charge in [-0.1, -0.05) is 48.5 Å². The number of aromatic nitrogens is 5. The Kier molecular flexibility index (Phi) is 2.79. The Morgan fingerprint density at radius 1 is 0.773 bits per heavy atom. The van der Waals surface area contributed by atoms with Gasteiger partial charge >= 0.3 is 0 Å². The maximum atomic E-state index is 6.02. The molecule has 0 aliphatic heterocycles. The molecule has 0 aliphatic rings. The molecule has 2 N–H and O–H groups in total. The zero-order chi connectivity index (χ0) is 14.9. The van der Waals surface area contributed by atoms with Gasteiger partial charge in [-0.15, -0.1) is 15.0 Å². The highest BCUT2D eigenvalue weighted by atomic mass is 15.5. The molecular weight excluding hydrogens is 276 g/mol. The van der Waals surface area contributed by atoms with Crippen LogP contribution >= 0.6 is 0 Å². The first-order chi connectivity index (χ1) is 10.8. The van der Waals surface area contributed by atoms with Crippen molar-refractivity contribution in [1.29, 1.82) is 0 Å². The van der Waals surface area contributed by atoms with Gasteiger partial charge in [-0.3, -0.25) is 0 Å². The second-order valence-electron chi connectivity index (χ2n) is 4.80. The van der Waals surface area contributed by atoms with Gasteiger partial charge in [0.15, 0.2) is 17.2 Å². The SMILES string of the molecule is Nc1nc(-c2ccccc2)nc2nn(-c3ccccc3)nc12. The molecule has 4 aromatic rings. The number of hydrogen-bond donors (Lipinski definition) is 1. The Balaban J connectivity index is 1.88. The zero-order valence-electron chi connectivity index (χ0n) is 11.6. The van der Waals surface area contributed by atoms with E-state index in [1.807, 2.05) is 60.7 Å². The monoisotopic (exact) mass is 288 g/mol. The van der Waals surface area contributed by atoms with Crippen LogP contribution in [0, 0.1) is 0 Å². The van der Waals surface area contributed by atoms with Crippen molar-refractivity contribution in [2.75, 3.05) is 5.73 Å². The lowest BCUT2D eigenvalue weighted by molar-refractivity contribution is 0.763. The van der Waals surface area contributed by atoms with Crippen LogP contribution in [0.4, 0.5) is 5.82 Å². The number of anilines is 1. The number of para-hydroxylation sites is 1. The van der Waals surface area contributed by atoms with Crippen molar-refractivity contribution in [2.45, 2.75) is 0 Å². The van der Waals surface area contributed by atoms with E-state index in [1.54, 1.807) is 0 Å². The lowest BCUT2D eigenvalue weighted by Gasteiger charge is -2.00. The van der Waals surface area contributed by atoms with Crippen molar-refractivity contribution in [3.63, 3.8) is 0 Å². The Morgan fingerprint density at radius 3 is 2.18 bits per heavy atom. The lowest BCUT2D eigenvalue weighted by Crippen LogP contribution is -1.98. The van der Waals surface area contributed by atoms with E-state index >= 15 is 0 Å². The summed E-state index contributed by atoms with van der Waals surface area (Å²) in [6.07, 6.45) is 0. The van der Waals surface area contributed by atoms with Crippen LogP contribution in [0.15, 0.2) is 60.7 Å². The van der Waals surface area contributed by atoms with E-state index < -0.39 is 0 Å². The number of nitrogens with zero attached hydrogens (tertiary/aromatic N) is 5. The summed E-state index contributed by atoms with van der Waals surface area (Å²) >= 11 is 0. The van der Waals surface area contributed by atoms with Gasteiger partial charge in [-0.05, 0) is 12.1 Å². The van der Waals surface area contributed by atoms with E-state index in [-0.39, 0.29) is 0 Å². The van der Waals surface area contributed by atoms with E-state index in [2.05, 4.69) is 20.2 Å². The average molecular weight is 288 g/mol. The van der Waals surface area contributed by atoms with Crippen LogP contribution in [-0.4, -0.2) is 25.0 Å². The number of benzene rings is 2. The molecule has 2 heterocycles. The van der Waals surface area contributed by atoms with Crippen LogP contribution in [-0.2, 0) is 0 Å². The van der Waals surface area contributed by atoms with Gasteiger partial charge < -0.3 is 5.73 Å². The van der Waals surface area contributed by atoms with Gasteiger partial charge in [0, 0.05) is 5.56 Å². The predicted molar refractivity (Wildman–Crippen MR) is 84.3 cm³/mol. The third kappa shape index (κ3) is 2.07. The van der Waals surface area contributed by atoms with E-state index in [9.17, 15) is 0 Å². The summed E-state index contributed by atoms with van der Waals surface area (Å²) in [5, 5.41) is 8.78. The van der Waals surface area contributed by atoms with Crippen molar-refractivity contribution >= 4 is 17.0 Å². The highest BCUT2D eigenvalue weighted by Crippen LogP contribution is 2.21. The van der Waals surface area contributed by atoms with Crippen molar-refractivity contribution in [3.8, 4) is 17.1 Å². The van der Waals surface area contributed by atoms with Crippen molar-refractivity contribution in [3.05, 3.63) is 60.7 Å². The third-order valence-corrected chi connectivity index (χ3v) is 3.30. The molecule has 0 bridgehead atoms. The fourth-order valence-corrected chi connectivity index (χ4v) is 2.23. The molecular formula is C16H12N6. The minimum atomic E-state index is 0.325. The van der Waals surface area contributed by atoms with Crippen molar-refractivity contribution < 1.29 is 0 Å². The summed E-state index contributed by atoms with van der Waals surface area (Å²) in [6.45, 7) is 0. The van der Waals surface area contributed by atoms with Gasteiger partial charge in [0.2, 0.25) is 5.65 Å². The molecule has 0 saturated carbocycles. The highest BCUT2D eigenvalue weighted by Gasteiger charge is 2.13. The molecule has 0 aliphatic carbocycles. The Bertz CT molecular complexity index is 931. The smallest absolute Gasteiger partial charge is 0.208 e. The van der Waals surface area contributed by atoms with Crippen LogP contribution in [0.3, 0.4) is 0 Å². The minimum Gasteiger partial charge on any atom is -0.382 e. The van der Waals surface area contributed by atoms with E-state index in [0.29, 0.717) is 22.8 Å². The number of rotatable bonds is 2. The molecule has 0 unspecified atom stereocenters. The second-order valence-corrected chi connectivity index (χ2v) is 4.80. The van der Waals surface area contributed by atoms with Crippen LogP contribution in [0.5, 0.6) is 0 Å². The molecule has 0 amide bonds. The first-order valence-corrected chi connectivity index (χ1v) is 6.83. The van der Waals surface area contributed by atoms with Crippen molar-refractivity contribution in [1.82, 2.24) is 25.0 Å². The molecule has 106 valence electrons. The maximum Gasteiger partial charge on any atom is 0.208 e. The summed E-state index contributed by atoms with van der Waals surface area (Å²) in [6, 6.07) is 19.3. The third-order valence-electron chi connectivity index (χ3n) is 3.30. The predicted octanol–water partition coefficient (Wildman–Crippen LogP) is 2.46. The Hall–Kier alpha value is -3.28. The van der Waals surface area contributed by atoms with Gasteiger partial charge in [-0.2, -0.15) is 0 Å². The molecule has 0 radical (unpaired) electrons. The molecule has 4 rings (SSSR count). The molecule has 22 heavy (non-hydrogen) atoms. The maximum absolute atomic E-state index is 6.02. The molecule has 0 spiro atoms. The van der Waals surface area contributed by atoms with E-state index in [0.717, 1.165) is 11.3 Å². The van der Waals surface area contributed by atoms with E-state index in [4.69, 9.17) is 5.73 Å². The van der Waals surface area contributed by atoms with Crippen LogP contribution in [0.25, 0.3) is 28.2 Å². The largest absolute Gasteiger partial charge is 0.382 e. The standard InChI is InChI=1S/C16H12N6/c17-14-13-16(19-15(18-14)11-7-3-1-4-8-11)21-22(20-13)12-9-5-2-6-10-12/h1-10H,(H2,17,18,19,21). The minimum absolute atomic E-state index is 0.325. The first-order valence-electron chi connectivity index (χ1n) is 6.83. The summed E-state index contributed by atoms with van der Waals surface area (Å²) in [5.74, 6) is 0.872. The molecule has 2 aromatic carbocycles.